The molecule has 1 aliphatic rings. The van der Waals surface area contributed by atoms with Gasteiger partial charge in [-0.25, -0.2) is 0 Å². The van der Waals surface area contributed by atoms with Crippen molar-refractivity contribution in [2.75, 3.05) is 0 Å². The Bertz CT molecular complexity index is 289. The summed E-state index contributed by atoms with van der Waals surface area (Å²) in [5.74, 6) is 0. The first-order chi connectivity index (χ1) is 6.36. The summed E-state index contributed by atoms with van der Waals surface area (Å²) in [5.41, 5.74) is 1.42. The van der Waals surface area contributed by atoms with Gasteiger partial charge in [-0.15, -0.1) is 11.8 Å². The highest BCUT2D eigenvalue weighted by Crippen LogP contribution is 2.37. The lowest BCUT2D eigenvalue weighted by atomic mass is 10.3. The van der Waals surface area contributed by atoms with E-state index < -0.39 is 0 Å². The monoisotopic (exact) mass is 190 g/mol. The maximum atomic E-state index is 4.11. The third-order valence-corrected chi connectivity index (χ3v) is 3.84. The van der Waals surface area contributed by atoms with Crippen LogP contribution in [0.3, 0.4) is 0 Å². The quantitative estimate of drug-likeness (QED) is 0.638. The highest BCUT2D eigenvalue weighted by Gasteiger charge is 2.19. The molecule has 0 nitrogen and oxygen atoms in total. The van der Waals surface area contributed by atoms with Crippen LogP contribution in [0, 0.1) is 0 Å². The molecule has 2 rings (SSSR count). The van der Waals surface area contributed by atoms with E-state index in [1.807, 2.05) is 11.8 Å². The van der Waals surface area contributed by atoms with E-state index in [0.29, 0.717) is 5.25 Å². The van der Waals surface area contributed by atoms with E-state index in [2.05, 4.69) is 36.9 Å². The number of benzene rings is 1. The first kappa shape index (κ1) is 8.89. The van der Waals surface area contributed by atoms with Crippen molar-refractivity contribution in [3.05, 3.63) is 42.5 Å². The highest BCUT2D eigenvalue weighted by molar-refractivity contribution is 8.00. The van der Waals surface area contributed by atoms with Crippen molar-refractivity contribution in [1.29, 1.82) is 0 Å². The fraction of sp³-hybridized carbons (Fsp3) is 0.333. The molecule has 0 N–H and O–H groups in total. The molecule has 1 unspecified atom stereocenters. The summed E-state index contributed by atoms with van der Waals surface area (Å²) >= 11 is 1.96. The Morgan fingerprint density at radius 3 is 2.62 bits per heavy atom. The van der Waals surface area contributed by atoms with Crippen LogP contribution in [-0.2, 0) is 0 Å². The van der Waals surface area contributed by atoms with Crippen LogP contribution in [0.1, 0.15) is 19.3 Å². The molecule has 0 bridgehead atoms. The molecule has 1 atom stereocenters. The van der Waals surface area contributed by atoms with E-state index in [-0.39, 0.29) is 0 Å². The maximum absolute atomic E-state index is 4.11. The zero-order valence-corrected chi connectivity index (χ0v) is 8.52. The Kier molecular flexibility index (Phi) is 2.74. The van der Waals surface area contributed by atoms with Gasteiger partial charge in [0.05, 0.1) is 0 Å². The molecule has 1 heteroatoms. The zero-order valence-electron chi connectivity index (χ0n) is 7.70. The molecule has 1 fully saturated rings. The molecule has 13 heavy (non-hydrogen) atoms. The van der Waals surface area contributed by atoms with E-state index in [9.17, 15) is 0 Å². The molecule has 0 saturated heterocycles. The van der Waals surface area contributed by atoms with Crippen LogP contribution < -0.4 is 0 Å². The third-order valence-electron chi connectivity index (χ3n) is 2.44. The molecular weight excluding hydrogens is 176 g/mol. The van der Waals surface area contributed by atoms with Crippen molar-refractivity contribution in [3.63, 3.8) is 0 Å². The molecular formula is C12H14S. The first-order valence-electron chi connectivity index (χ1n) is 4.75. The van der Waals surface area contributed by atoms with Gasteiger partial charge in [0.1, 0.15) is 0 Å². The van der Waals surface area contributed by atoms with Crippen LogP contribution in [0.5, 0.6) is 0 Å². The Balaban J connectivity index is 2.02. The van der Waals surface area contributed by atoms with Crippen LogP contribution in [-0.4, -0.2) is 5.25 Å². The molecule has 1 saturated carbocycles. The van der Waals surface area contributed by atoms with E-state index in [4.69, 9.17) is 0 Å². The topological polar surface area (TPSA) is 0 Å². The zero-order chi connectivity index (χ0) is 9.10. The van der Waals surface area contributed by atoms with Crippen LogP contribution >= 0.6 is 11.8 Å². The Morgan fingerprint density at radius 2 is 2.00 bits per heavy atom. The summed E-state index contributed by atoms with van der Waals surface area (Å²) in [6, 6.07) is 10.6. The summed E-state index contributed by atoms with van der Waals surface area (Å²) in [4.78, 5) is 1.37. The third kappa shape index (κ3) is 2.16. The van der Waals surface area contributed by atoms with E-state index in [1.165, 1.54) is 29.7 Å². The lowest BCUT2D eigenvalue weighted by molar-refractivity contribution is 0.893. The molecule has 0 heterocycles. The standard InChI is InChI=1S/C12H14S/c1-10-6-5-9-12(10)13-11-7-3-2-4-8-11/h2-4,7-8,12H,1,5-6,9H2. The second-order valence-electron chi connectivity index (χ2n) is 3.47. The Morgan fingerprint density at radius 1 is 1.23 bits per heavy atom. The second kappa shape index (κ2) is 4.01. The van der Waals surface area contributed by atoms with E-state index in [0.717, 1.165) is 0 Å². The number of hydrogen-bond acceptors (Lipinski definition) is 1. The summed E-state index contributed by atoms with van der Waals surface area (Å²) in [6.07, 6.45) is 3.85. The number of hydrogen-bond donors (Lipinski definition) is 0. The van der Waals surface area contributed by atoms with Gasteiger partial charge in [-0.3, -0.25) is 0 Å². The Labute approximate surface area is 84.0 Å². The summed E-state index contributed by atoms with van der Waals surface area (Å²) in [7, 11) is 0. The normalized spacial score (nSPS) is 22.2. The molecule has 0 amide bonds. The molecule has 1 aromatic rings. The molecule has 1 aromatic carbocycles. The van der Waals surface area contributed by atoms with Crippen molar-refractivity contribution in [2.45, 2.75) is 29.4 Å². The number of thioether (sulfide) groups is 1. The fourth-order valence-electron chi connectivity index (χ4n) is 1.69. The first-order valence-corrected chi connectivity index (χ1v) is 5.63. The largest absolute Gasteiger partial charge is 0.118 e. The minimum Gasteiger partial charge on any atom is -0.118 e. The summed E-state index contributed by atoms with van der Waals surface area (Å²) in [6.45, 7) is 4.11. The van der Waals surface area contributed by atoms with Crippen molar-refractivity contribution in [3.8, 4) is 0 Å². The van der Waals surface area contributed by atoms with Gasteiger partial charge in [-0.1, -0.05) is 30.4 Å². The van der Waals surface area contributed by atoms with Gasteiger partial charge in [0.25, 0.3) is 0 Å². The van der Waals surface area contributed by atoms with Gasteiger partial charge in [0.15, 0.2) is 0 Å². The van der Waals surface area contributed by atoms with Crippen molar-refractivity contribution < 1.29 is 0 Å². The van der Waals surface area contributed by atoms with Gasteiger partial charge in [0.2, 0.25) is 0 Å². The molecule has 0 radical (unpaired) electrons. The maximum Gasteiger partial charge on any atom is 0.0301 e. The Hall–Kier alpha value is -0.690. The fourth-order valence-corrected chi connectivity index (χ4v) is 2.90. The average Bonchev–Trinajstić information content (AvgIpc) is 2.54. The van der Waals surface area contributed by atoms with Crippen LogP contribution in [0.4, 0.5) is 0 Å². The molecule has 0 aromatic heterocycles. The minimum absolute atomic E-state index is 0.669. The van der Waals surface area contributed by atoms with E-state index >= 15 is 0 Å². The van der Waals surface area contributed by atoms with Crippen molar-refractivity contribution >= 4 is 11.8 Å². The van der Waals surface area contributed by atoms with E-state index in [1.54, 1.807) is 0 Å². The van der Waals surface area contributed by atoms with Gasteiger partial charge in [0, 0.05) is 10.1 Å². The lowest BCUT2D eigenvalue weighted by Gasteiger charge is -2.09. The smallest absolute Gasteiger partial charge is 0.0301 e. The van der Waals surface area contributed by atoms with Gasteiger partial charge in [-0.2, -0.15) is 0 Å². The summed E-state index contributed by atoms with van der Waals surface area (Å²) in [5, 5.41) is 0.669. The predicted molar refractivity (Wildman–Crippen MR) is 59.1 cm³/mol. The molecule has 1 aliphatic carbocycles. The molecule has 0 spiro atoms. The van der Waals surface area contributed by atoms with Crippen molar-refractivity contribution in [1.82, 2.24) is 0 Å². The van der Waals surface area contributed by atoms with Gasteiger partial charge in [-0.05, 0) is 31.4 Å². The van der Waals surface area contributed by atoms with Gasteiger partial charge < -0.3 is 0 Å². The predicted octanol–water partition coefficient (Wildman–Crippen LogP) is 3.89. The minimum atomic E-state index is 0.669. The number of rotatable bonds is 2. The SMILES string of the molecule is C=C1CCCC1Sc1ccccc1. The highest BCUT2D eigenvalue weighted by atomic mass is 32.2. The molecule has 0 aliphatic heterocycles. The van der Waals surface area contributed by atoms with Crippen molar-refractivity contribution in [2.24, 2.45) is 0 Å². The van der Waals surface area contributed by atoms with Crippen LogP contribution in [0.25, 0.3) is 0 Å². The average molecular weight is 190 g/mol. The van der Waals surface area contributed by atoms with Gasteiger partial charge >= 0.3 is 0 Å². The summed E-state index contributed by atoms with van der Waals surface area (Å²) < 4.78 is 0. The van der Waals surface area contributed by atoms with Crippen LogP contribution in [0.15, 0.2) is 47.4 Å². The van der Waals surface area contributed by atoms with Crippen LogP contribution in [0.2, 0.25) is 0 Å². The second-order valence-corrected chi connectivity index (χ2v) is 4.75. The lowest BCUT2D eigenvalue weighted by Crippen LogP contribution is -1.95. The molecule has 68 valence electrons.